The Kier molecular flexibility index (Phi) is 7.01. The third-order valence-electron chi connectivity index (χ3n) is 3.71. The number of nitrogens with one attached hydrogen (secondary N) is 2. The number of hydrazone groups is 1. The minimum Gasteiger partial charge on any atom is -0.378 e. The minimum atomic E-state index is -0.338. The first-order chi connectivity index (χ1) is 12.0. The maximum Gasteiger partial charge on any atom is 0.262 e. The first kappa shape index (κ1) is 19.0. The van der Waals surface area contributed by atoms with Gasteiger partial charge < -0.3 is 10.2 Å². The first-order valence-corrected chi connectivity index (χ1v) is 8.91. The van der Waals surface area contributed by atoms with E-state index in [1.807, 2.05) is 74.4 Å². The number of carbonyl (C=O) groups is 1. The van der Waals surface area contributed by atoms with Crippen molar-refractivity contribution in [2.75, 3.05) is 24.3 Å². The molecular weight excluding hydrogens is 380 g/mol. The van der Waals surface area contributed by atoms with E-state index in [0.29, 0.717) is 6.42 Å². The molecule has 0 spiro atoms. The third kappa shape index (κ3) is 5.90. The normalized spacial score (nSPS) is 12.0. The summed E-state index contributed by atoms with van der Waals surface area (Å²) in [6, 6.07) is 15.3. The second-order valence-electron chi connectivity index (χ2n) is 5.83. The van der Waals surface area contributed by atoms with Gasteiger partial charge in [-0.3, -0.25) is 4.79 Å². The molecule has 0 aliphatic carbocycles. The van der Waals surface area contributed by atoms with Crippen molar-refractivity contribution >= 4 is 39.4 Å². The smallest absolute Gasteiger partial charge is 0.262 e. The van der Waals surface area contributed by atoms with Crippen LogP contribution in [0.2, 0.25) is 0 Å². The lowest BCUT2D eigenvalue weighted by molar-refractivity contribution is -0.121. The van der Waals surface area contributed by atoms with Gasteiger partial charge in [0.05, 0.1) is 6.21 Å². The third-order valence-corrected chi connectivity index (χ3v) is 4.24. The maximum atomic E-state index is 12.3. The van der Waals surface area contributed by atoms with Crippen molar-refractivity contribution in [1.29, 1.82) is 0 Å². The van der Waals surface area contributed by atoms with Gasteiger partial charge in [-0.05, 0) is 48.4 Å². The van der Waals surface area contributed by atoms with Crippen LogP contribution in [0.5, 0.6) is 0 Å². The molecule has 0 unspecified atom stereocenters. The minimum absolute atomic E-state index is 0.161. The number of halogens is 1. The van der Waals surface area contributed by atoms with Crippen LogP contribution in [0.3, 0.4) is 0 Å². The molecule has 2 rings (SSSR count). The standard InChI is InChI=1S/C19H23BrN4O/c1-4-18(22-16-9-7-15(20)8-10-16)19(25)23-21-13-14-5-11-17(12-6-14)24(2)3/h5-13,18,22H,4H2,1-3H3,(H,23,25)/t18-/m0/s1. The van der Waals surface area contributed by atoms with Crippen LogP contribution in [-0.2, 0) is 4.79 Å². The molecule has 132 valence electrons. The molecule has 0 fully saturated rings. The molecule has 0 aliphatic rings. The first-order valence-electron chi connectivity index (χ1n) is 8.12. The van der Waals surface area contributed by atoms with Crippen molar-refractivity contribution in [3.63, 3.8) is 0 Å². The Labute approximate surface area is 157 Å². The van der Waals surface area contributed by atoms with Crippen LogP contribution in [0, 0.1) is 0 Å². The van der Waals surface area contributed by atoms with E-state index in [0.717, 1.165) is 21.4 Å². The molecule has 0 aromatic heterocycles. The Balaban J connectivity index is 1.91. The fourth-order valence-corrected chi connectivity index (χ4v) is 2.47. The Morgan fingerprint density at radius 3 is 2.36 bits per heavy atom. The number of anilines is 2. The maximum absolute atomic E-state index is 12.3. The Morgan fingerprint density at radius 1 is 1.16 bits per heavy atom. The van der Waals surface area contributed by atoms with Crippen LogP contribution in [0.1, 0.15) is 18.9 Å². The fraction of sp³-hybridized carbons (Fsp3) is 0.263. The molecule has 0 aliphatic heterocycles. The van der Waals surface area contributed by atoms with E-state index in [-0.39, 0.29) is 11.9 Å². The SMILES string of the molecule is CC[C@H](Nc1ccc(Br)cc1)C(=O)NN=Cc1ccc(N(C)C)cc1. The van der Waals surface area contributed by atoms with E-state index in [2.05, 4.69) is 31.8 Å². The van der Waals surface area contributed by atoms with Crippen LogP contribution in [0.4, 0.5) is 11.4 Å². The molecule has 0 bridgehead atoms. The lowest BCUT2D eigenvalue weighted by Crippen LogP contribution is -2.36. The van der Waals surface area contributed by atoms with Crippen molar-refractivity contribution < 1.29 is 4.79 Å². The van der Waals surface area contributed by atoms with Gasteiger partial charge >= 0.3 is 0 Å². The van der Waals surface area contributed by atoms with Gasteiger partial charge in [0, 0.05) is 29.9 Å². The molecule has 5 nitrogen and oxygen atoms in total. The predicted molar refractivity (Wildman–Crippen MR) is 108 cm³/mol. The summed E-state index contributed by atoms with van der Waals surface area (Å²) in [6.45, 7) is 1.96. The predicted octanol–water partition coefficient (Wildman–Crippen LogP) is 3.86. The Hall–Kier alpha value is -2.34. The summed E-state index contributed by atoms with van der Waals surface area (Å²) in [6.07, 6.45) is 2.30. The molecule has 2 aromatic carbocycles. The summed E-state index contributed by atoms with van der Waals surface area (Å²) in [5, 5.41) is 7.27. The summed E-state index contributed by atoms with van der Waals surface area (Å²) >= 11 is 3.40. The van der Waals surface area contributed by atoms with E-state index >= 15 is 0 Å². The van der Waals surface area contributed by atoms with E-state index < -0.39 is 0 Å². The van der Waals surface area contributed by atoms with E-state index in [9.17, 15) is 4.79 Å². The fourth-order valence-electron chi connectivity index (χ4n) is 2.21. The number of nitrogens with zero attached hydrogens (tertiary/aromatic N) is 2. The molecule has 1 amide bonds. The second kappa shape index (κ2) is 9.22. The Bertz CT molecular complexity index is 711. The van der Waals surface area contributed by atoms with Gasteiger partial charge in [0.1, 0.15) is 6.04 Å². The van der Waals surface area contributed by atoms with Gasteiger partial charge in [-0.25, -0.2) is 5.43 Å². The highest BCUT2D eigenvalue weighted by Crippen LogP contribution is 2.15. The summed E-state index contributed by atoms with van der Waals surface area (Å²) in [5.41, 5.74) is 5.54. The highest BCUT2D eigenvalue weighted by atomic mass is 79.9. The molecular formula is C19H23BrN4O. The van der Waals surface area contributed by atoms with Crippen molar-refractivity contribution in [2.45, 2.75) is 19.4 Å². The van der Waals surface area contributed by atoms with Gasteiger partial charge in [-0.15, -0.1) is 0 Å². The monoisotopic (exact) mass is 402 g/mol. The zero-order valence-corrected chi connectivity index (χ0v) is 16.2. The molecule has 25 heavy (non-hydrogen) atoms. The van der Waals surface area contributed by atoms with E-state index in [1.54, 1.807) is 6.21 Å². The topological polar surface area (TPSA) is 56.7 Å². The summed E-state index contributed by atoms with van der Waals surface area (Å²) in [4.78, 5) is 14.3. The average molecular weight is 403 g/mol. The number of hydrogen-bond acceptors (Lipinski definition) is 4. The number of hydrogen-bond donors (Lipinski definition) is 2. The molecule has 6 heteroatoms. The number of amides is 1. The molecule has 0 saturated heterocycles. The second-order valence-corrected chi connectivity index (χ2v) is 6.75. The summed E-state index contributed by atoms with van der Waals surface area (Å²) < 4.78 is 1.00. The van der Waals surface area contributed by atoms with Crippen molar-refractivity contribution in [3.8, 4) is 0 Å². The molecule has 0 radical (unpaired) electrons. The van der Waals surface area contributed by atoms with Gasteiger partial charge in [0.15, 0.2) is 0 Å². The van der Waals surface area contributed by atoms with E-state index in [4.69, 9.17) is 0 Å². The van der Waals surface area contributed by atoms with Crippen LogP contribution in [0.25, 0.3) is 0 Å². The van der Waals surface area contributed by atoms with Crippen LogP contribution in [0.15, 0.2) is 58.1 Å². The molecule has 2 aromatic rings. The van der Waals surface area contributed by atoms with Gasteiger partial charge in [0.2, 0.25) is 0 Å². The number of carbonyl (C=O) groups excluding carboxylic acids is 1. The van der Waals surface area contributed by atoms with Crippen LogP contribution < -0.4 is 15.6 Å². The van der Waals surface area contributed by atoms with Crippen molar-refractivity contribution in [3.05, 3.63) is 58.6 Å². The number of rotatable bonds is 7. The largest absolute Gasteiger partial charge is 0.378 e. The summed E-state index contributed by atoms with van der Waals surface area (Å²) in [5.74, 6) is -0.161. The zero-order chi connectivity index (χ0) is 18.2. The van der Waals surface area contributed by atoms with Gasteiger partial charge in [-0.2, -0.15) is 5.10 Å². The van der Waals surface area contributed by atoms with Gasteiger partial charge in [0.25, 0.3) is 5.91 Å². The van der Waals surface area contributed by atoms with Crippen LogP contribution in [-0.4, -0.2) is 32.3 Å². The average Bonchev–Trinajstić information content (AvgIpc) is 2.61. The van der Waals surface area contributed by atoms with Crippen molar-refractivity contribution in [1.82, 2.24) is 5.43 Å². The Morgan fingerprint density at radius 2 is 1.80 bits per heavy atom. The number of benzene rings is 2. The molecule has 2 N–H and O–H groups in total. The molecule has 0 heterocycles. The molecule has 1 atom stereocenters. The lowest BCUT2D eigenvalue weighted by Gasteiger charge is -2.16. The van der Waals surface area contributed by atoms with E-state index in [1.165, 1.54) is 0 Å². The summed E-state index contributed by atoms with van der Waals surface area (Å²) in [7, 11) is 3.99. The molecule has 0 saturated carbocycles. The van der Waals surface area contributed by atoms with Gasteiger partial charge in [-0.1, -0.05) is 35.0 Å². The lowest BCUT2D eigenvalue weighted by atomic mass is 10.2. The highest BCUT2D eigenvalue weighted by molar-refractivity contribution is 9.10. The quantitative estimate of drug-likeness (QED) is 0.545. The highest BCUT2D eigenvalue weighted by Gasteiger charge is 2.15. The van der Waals surface area contributed by atoms with Crippen molar-refractivity contribution in [2.24, 2.45) is 5.10 Å². The van der Waals surface area contributed by atoms with Crippen LogP contribution >= 0.6 is 15.9 Å². The zero-order valence-electron chi connectivity index (χ0n) is 14.7.